The van der Waals surface area contributed by atoms with Crippen LogP contribution in [0.3, 0.4) is 0 Å². The third-order valence-electron chi connectivity index (χ3n) is 2.28. The molecule has 0 aliphatic rings. The quantitative estimate of drug-likeness (QED) is 0.674. The SMILES string of the molecule is Cn1c(N)nnc1SCCOc1ccccc1Br. The summed E-state index contributed by atoms with van der Waals surface area (Å²) in [7, 11) is 1.84. The minimum atomic E-state index is 0.421. The van der Waals surface area contributed by atoms with Crippen molar-refractivity contribution in [3.8, 4) is 5.75 Å². The molecule has 7 heteroatoms. The van der Waals surface area contributed by atoms with E-state index in [1.54, 1.807) is 16.3 Å². The Morgan fingerprint density at radius 1 is 1.39 bits per heavy atom. The standard InChI is InChI=1S/C11H13BrN4OS/c1-16-10(13)14-15-11(16)18-7-6-17-9-5-3-2-4-8(9)12/h2-5H,6-7H2,1H3,(H2,13,14). The van der Waals surface area contributed by atoms with Gasteiger partial charge in [0.2, 0.25) is 5.95 Å². The van der Waals surface area contributed by atoms with Gasteiger partial charge in [-0.3, -0.25) is 4.57 Å². The smallest absolute Gasteiger partial charge is 0.222 e. The van der Waals surface area contributed by atoms with Gasteiger partial charge in [-0.1, -0.05) is 23.9 Å². The van der Waals surface area contributed by atoms with E-state index in [1.807, 2.05) is 31.3 Å². The summed E-state index contributed by atoms with van der Waals surface area (Å²) in [5.74, 6) is 2.05. The zero-order valence-electron chi connectivity index (χ0n) is 9.84. The number of nitrogens with two attached hydrogens (primary N) is 1. The van der Waals surface area contributed by atoms with Crippen LogP contribution in [0.15, 0.2) is 33.9 Å². The summed E-state index contributed by atoms with van der Waals surface area (Å²) in [4.78, 5) is 0. The molecule has 0 amide bonds. The van der Waals surface area contributed by atoms with Crippen LogP contribution >= 0.6 is 27.7 Å². The highest BCUT2D eigenvalue weighted by Gasteiger charge is 2.06. The highest BCUT2D eigenvalue weighted by atomic mass is 79.9. The fraction of sp³-hybridized carbons (Fsp3) is 0.273. The van der Waals surface area contributed by atoms with Crippen molar-refractivity contribution in [1.29, 1.82) is 0 Å². The second-order valence-electron chi connectivity index (χ2n) is 3.53. The van der Waals surface area contributed by atoms with Gasteiger partial charge in [-0.2, -0.15) is 0 Å². The molecule has 1 aromatic carbocycles. The fourth-order valence-electron chi connectivity index (χ4n) is 1.30. The van der Waals surface area contributed by atoms with E-state index in [1.165, 1.54) is 0 Å². The second-order valence-corrected chi connectivity index (χ2v) is 5.44. The molecule has 0 aliphatic heterocycles. The predicted octanol–water partition coefficient (Wildman–Crippen LogP) is 2.33. The van der Waals surface area contributed by atoms with Crippen molar-refractivity contribution in [3.63, 3.8) is 0 Å². The number of aromatic nitrogens is 3. The highest BCUT2D eigenvalue weighted by molar-refractivity contribution is 9.10. The number of hydrogen-bond acceptors (Lipinski definition) is 5. The number of anilines is 1. The van der Waals surface area contributed by atoms with Crippen LogP contribution in [0, 0.1) is 0 Å². The lowest BCUT2D eigenvalue weighted by atomic mass is 10.3. The fourth-order valence-corrected chi connectivity index (χ4v) is 2.43. The molecule has 1 heterocycles. The first-order valence-corrected chi connectivity index (χ1v) is 7.11. The molecule has 18 heavy (non-hydrogen) atoms. The maximum absolute atomic E-state index is 5.65. The summed E-state index contributed by atoms with van der Waals surface area (Å²) in [6.45, 7) is 0.597. The topological polar surface area (TPSA) is 66.0 Å². The van der Waals surface area contributed by atoms with Gasteiger partial charge < -0.3 is 10.5 Å². The number of thioether (sulfide) groups is 1. The van der Waals surface area contributed by atoms with E-state index in [9.17, 15) is 0 Å². The number of halogens is 1. The molecule has 0 aliphatic carbocycles. The maximum atomic E-state index is 5.65. The molecule has 5 nitrogen and oxygen atoms in total. The number of nitrogen functional groups attached to an aromatic ring is 1. The van der Waals surface area contributed by atoms with Crippen molar-refractivity contribution in [1.82, 2.24) is 14.8 Å². The molecule has 0 saturated carbocycles. The summed E-state index contributed by atoms with van der Waals surface area (Å²) in [5.41, 5.74) is 5.59. The van der Waals surface area contributed by atoms with Crippen LogP contribution in [-0.4, -0.2) is 27.1 Å². The van der Waals surface area contributed by atoms with Crippen LogP contribution in [0.5, 0.6) is 5.75 Å². The Morgan fingerprint density at radius 2 is 2.17 bits per heavy atom. The van der Waals surface area contributed by atoms with E-state index < -0.39 is 0 Å². The number of nitrogens with zero attached hydrogens (tertiary/aromatic N) is 3. The first kappa shape index (κ1) is 13.2. The molecule has 0 unspecified atom stereocenters. The Bertz CT molecular complexity index is 532. The number of para-hydroxylation sites is 1. The lowest BCUT2D eigenvalue weighted by Crippen LogP contribution is -2.03. The average Bonchev–Trinajstić information content (AvgIpc) is 2.68. The van der Waals surface area contributed by atoms with E-state index in [0.29, 0.717) is 12.6 Å². The molecule has 2 N–H and O–H groups in total. The van der Waals surface area contributed by atoms with Crippen molar-refractivity contribution < 1.29 is 4.74 Å². The van der Waals surface area contributed by atoms with Crippen molar-refractivity contribution in [2.75, 3.05) is 18.1 Å². The summed E-state index contributed by atoms with van der Waals surface area (Å²) in [5, 5.41) is 8.55. The third-order valence-corrected chi connectivity index (χ3v) is 3.92. The van der Waals surface area contributed by atoms with Crippen LogP contribution in [0.4, 0.5) is 5.95 Å². The van der Waals surface area contributed by atoms with Gasteiger partial charge in [0, 0.05) is 12.8 Å². The average molecular weight is 329 g/mol. The molecular formula is C11H13BrN4OS. The van der Waals surface area contributed by atoms with Gasteiger partial charge >= 0.3 is 0 Å². The number of ether oxygens (including phenoxy) is 1. The van der Waals surface area contributed by atoms with Gasteiger partial charge in [0.25, 0.3) is 0 Å². The minimum Gasteiger partial charge on any atom is -0.492 e. The second kappa shape index (κ2) is 6.10. The van der Waals surface area contributed by atoms with Gasteiger partial charge in [-0.05, 0) is 28.1 Å². The van der Waals surface area contributed by atoms with Crippen LogP contribution in [0.2, 0.25) is 0 Å². The van der Waals surface area contributed by atoms with Crippen LogP contribution in [0.1, 0.15) is 0 Å². The van der Waals surface area contributed by atoms with Gasteiger partial charge in [0.1, 0.15) is 5.75 Å². The van der Waals surface area contributed by atoms with Crippen molar-refractivity contribution in [2.45, 2.75) is 5.16 Å². The van der Waals surface area contributed by atoms with E-state index in [2.05, 4.69) is 26.1 Å². The van der Waals surface area contributed by atoms with E-state index in [4.69, 9.17) is 10.5 Å². The highest BCUT2D eigenvalue weighted by Crippen LogP contribution is 2.24. The van der Waals surface area contributed by atoms with Crippen LogP contribution < -0.4 is 10.5 Å². The van der Waals surface area contributed by atoms with E-state index in [-0.39, 0.29) is 0 Å². The molecule has 0 bridgehead atoms. The monoisotopic (exact) mass is 328 g/mol. The molecule has 2 aromatic rings. The molecule has 1 aromatic heterocycles. The molecule has 0 fully saturated rings. The summed E-state index contributed by atoms with van der Waals surface area (Å²) >= 11 is 5.00. The number of benzene rings is 1. The summed E-state index contributed by atoms with van der Waals surface area (Å²) in [6, 6.07) is 7.77. The Hall–Kier alpha value is -1.21. The van der Waals surface area contributed by atoms with Crippen molar-refractivity contribution in [2.24, 2.45) is 7.05 Å². The minimum absolute atomic E-state index is 0.421. The van der Waals surface area contributed by atoms with E-state index in [0.717, 1.165) is 21.1 Å². The van der Waals surface area contributed by atoms with Gasteiger partial charge in [-0.25, -0.2) is 0 Å². The Labute approximate surface area is 118 Å². The third kappa shape index (κ3) is 3.17. The predicted molar refractivity (Wildman–Crippen MR) is 75.8 cm³/mol. The zero-order valence-corrected chi connectivity index (χ0v) is 12.2. The number of rotatable bonds is 5. The molecule has 96 valence electrons. The molecule has 2 rings (SSSR count). The van der Waals surface area contributed by atoms with Crippen LogP contribution in [-0.2, 0) is 7.05 Å². The van der Waals surface area contributed by atoms with Crippen molar-refractivity contribution in [3.05, 3.63) is 28.7 Å². The molecule has 0 spiro atoms. The first-order chi connectivity index (χ1) is 8.68. The van der Waals surface area contributed by atoms with Crippen LogP contribution in [0.25, 0.3) is 0 Å². The molecule has 0 radical (unpaired) electrons. The summed E-state index contributed by atoms with van der Waals surface area (Å²) < 4.78 is 8.36. The molecule has 0 atom stereocenters. The molecular weight excluding hydrogens is 316 g/mol. The largest absolute Gasteiger partial charge is 0.492 e. The lowest BCUT2D eigenvalue weighted by Gasteiger charge is -2.07. The normalized spacial score (nSPS) is 10.6. The van der Waals surface area contributed by atoms with Gasteiger partial charge in [0.15, 0.2) is 5.16 Å². The van der Waals surface area contributed by atoms with Gasteiger partial charge in [0.05, 0.1) is 11.1 Å². The molecule has 0 saturated heterocycles. The zero-order chi connectivity index (χ0) is 13.0. The van der Waals surface area contributed by atoms with Crippen molar-refractivity contribution >= 4 is 33.6 Å². The van der Waals surface area contributed by atoms with Gasteiger partial charge in [-0.15, -0.1) is 10.2 Å². The Kier molecular flexibility index (Phi) is 4.48. The maximum Gasteiger partial charge on any atom is 0.222 e. The summed E-state index contributed by atoms with van der Waals surface area (Å²) in [6.07, 6.45) is 0. The van der Waals surface area contributed by atoms with E-state index >= 15 is 0 Å². The number of hydrogen-bond donors (Lipinski definition) is 1. The Morgan fingerprint density at radius 3 is 2.83 bits per heavy atom. The Balaban J connectivity index is 1.80. The lowest BCUT2D eigenvalue weighted by molar-refractivity contribution is 0.341. The first-order valence-electron chi connectivity index (χ1n) is 5.33.